The van der Waals surface area contributed by atoms with Crippen LogP contribution >= 0.6 is 0 Å². The molecule has 0 aromatic heterocycles. The van der Waals surface area contributed by atoms with Gasteiger partial charge in [0.15, 0.2) is 0 Å². The van der Waals surface area contributed by atoms with Crippen molar-refractivity contribution in [1.82, 2.24) is 4.90 Å². The molecular formula is C9H21NO3. The smallest absolute Gasteiger partial charge is 0.0701 e. The number of ether oxygens (including phenoxy) is 3. The summed E-state index contributed by atoms with van der Waals surface area (Å²) in [5.74, 6) is 0. The Hall–Kier alpha value is -0.160. The molecule has 0 bridgehead atoms. The van der Waals surface area contributed by atoms with Gasteiger partial charge < -0.3 is 19.1 Å². The van der Waals surface area contributed by atoms with Gasteiger partial charge in [-0.15, -0.1) is 0 Å². The first-order chi connectivity index (χ1) is 6.27. The van der Waals surface area contributed by atoms with E-state index < -0.39 is 0 Å². The zero-order valence-electron chi connectivity index (χ0n) is 8.91. The number of rotatable bonds is 9. The molecule has 0 aromatic carbocycles. The van der Waals surface area contributed by atoms with Crippen LogP contribution in [-0.4, -0.2) is 65.7 Å². The van der Waals surface area contributed by atoms with Gasteiger partial charge in [-0.1, -0.05) is 0 Å². The summed E-state index contributed by atoms with van der Waals surface area (Å²) in [6, 6.07) is 0. The van der Waals surface area contributed by atoms with E-state index in [4.69, 9.17) is 14.2 Å². The highest BCUT2D eigenvalue weighted by Gasteiger charge is 1.91. The number of methoxy groups -OCH3 is 1. The molecule has 4 nitrogen and oxygen atoms in total. The van der Waals surface area contributed by atoms with Crippen LogP contribution in [0.5, 0.6) is 0 Å². The SMILES string of the molecule is COCCOCCOCCN(C)C. The molecule has 0 rings (SSSR count). The van der Waals surface area contributed by atoms with Crippen LogP contribution in [0.2, 0.25) is 0 Å². The zero-order chi connectivity index (χ0) is 9.94. The van der Waals surface area contributed by atoms with Gasteiger partial charge in [0.05, 0.1) is 33.0 Å². The summed E-state index contributed by atoms with van der Waals surface area (Å²) in [7, 11) is 5.72. The van der Waals surface area contributed by atoms with Crippen LogP contribution in [0.15, 0.2) is 0 Å². The van der Waals surface area contributed by atoms with E-state index in [2.05, 4.69) is 4.90 Å². The van der Waals surface area contributed by atoms with Gasteiger partial charge in [-0.05, 0) is 14.1 Å². The Morgan fingerprint density at radius 3 is 1.92 bits per heavy atom. The lowest BCUT2D eigenvalue weighted by molar-refractivity contribution is 0.0219. The van der Waals surface area contributed by atoms with E-state index in [1.165, 1.54) is 0 Å². The van der Waals surface area contributed by atoms with Gasteiger partial charge in [0.2, 0.25) is 0 Å². The van der Waals surface area contributed by atoms with Crippen molar-refractivity contribution in [1.29, 1.82) is 0 Å². The predicted molar refractivity (Wildman–Crippen MR) is 52.1 cm³/mol. The number of hydrogen-bond donors (Lipinski definition) is 0. The van der Waals surface area contributed by atoms with Crippen LogP contribution in [0.3, 0.4) is 0 Å². The highest BCUT2D eigenvalue weighted by molar-refractivity contribution is 4.39. The van der Waals surface area contributed by atoms with Crippen LogP contribution in [0.25, 0.3) is 0 Å². The molecule has 0 heterocycles. The van der Waals surface area contributed by atoms with Crippen LogP contribution < -0.4 is 0 Å². The number of likely N-dealkylation sites (N-methyl/N-ethyl adjacent to an activating group) is 1. The minimum Gasteiger partial charge on any atom is -0.382 e. The van der Waals surface area contributed by atoms with E-state index in [-0.39, 0.29) is 0 Å². The molecule has 0 saturated heterocycles. The lowest BCUT2D eigenvalue weighted by atomic mass is 10.6. The van der Waals surface area contributed by atoms with Crippen molar-refractivity contribution in [3.8, 4) is 0 Å². The topological polar surface area (TPSA) is 30.9 Å². The average molecular weight is 191 g/mol. The molecule has 0 unspecified atom stereocenters. The van der Waals surface area contributed by atoms with E-state index >= 15 is 0 Å². The third-order valence-corrected chi connectivity index (χ3v) is 1.49. The van der Waals surface area contributed by atoms with Gasteiger partial charge in [0, 0.05) is 13.7 Å². The summed E-state index contributed by atoms with van der Waals surface area (Å²) < 4.78 is 15.4. The van der Waals surface area contributed by atoms with E-state index in [1.54, 1.807) is 7.11 Å². The normalized spacial score (nSPS) is 11.1. The van der Waals surface area contributed by atoms with Crippen molar-refractivity contribution < 1.29 is 14.2 Å². The highest BCUT2D eigenvalue weighted by atomic mass is 16.5. The molecule has 0 amide bonds. The second-order valence-corrected chi connectivity index (χ2v) is 3.02. The second kappa shape index (κ2) is 9.92. The van der Waals surface area contributed by atoms with Crippen LogP contribution in [-0.2, 0) is 14.2 Å². The van der Waals surface area contributed by atoms with Gasteiger partial charge in [-0.2, -0.15) is 0 Å². The second-order valence-electron chi connectivity index (χ2n) is 3.02. The molecule has 0 N–H and O–H groups in total. The summed E-state index contributed by atoms with van der Waals surface area (Å²) in [6.07, 6.45) is 0. The summed E-state index contributed by atoms with van der Waals surface area (Å²) >= 11 is 0. The van der Waals surface area contributed by atoms with Crippen molar-refractivity contribution in [2.75, 3.05) is 60.8 Å². The van der Waals surface area contributed by atoms with Crippen molar-refractivity contribution in [2.45, 2.75) is 0 Å². The molecule has 4 heteroatoms. The Morgan fingerprint density at radius 2 is 1.38 bits per heavy atom. The minimum absolute atomic E-state index is 0.646. The summed E-state index contributed by atoms with van der Waals surface area (Å²) in [6.45, 7) is 4.33. The van der Waals surface area contributed by atoms with E-state index in [1.807, 2.05) is 14.1 Å². The molecule has 0 saturated carbocycles. The molecule has 0 aliphatic rings. The van der Waals surface area contributed by atoms with Crippen LogP contribution in [0.1, 0.15) is 0 Å². The summed E-state index contributed by atoms with van der Waals surface area (Å²) in [5, 5.41) is 0. The van der Waals surface area contributed by atoms with E-state index in [0.29, 0.717) is 26.4 Å². The Labute approximate surface area is 80.8 Å². The maximum atomic E-state index is 5.32. The first-order valence-corrected chi connectivity index (χ1v) is 4.56. The van der Waals surface area contributed by atoms with Gasteiger partial charge in [0.1, 0.15) is 0 Å². The monoisotopic (exact) mass is 191 g/mol. The largest absolute Gasteiger partial charge is 0.382 e. The van der Waals surface area contributed by atoms with Crippen LogP contribution in [0.4, 0.5) is 0 Å². The summed E-state index contributed by atoms with van der Waals surface area (Å²) in [5.41, 5.74) is 0. The molecular weight excluding hydrogens is 170 g/mol. The number of hydrogen-bond acceptors (Lipinski definition) is 4. The van der Waals surface area contributed by atoms with E-state index in [0.717, 1.165) is 13.2 Å². The van der Waals surface area contributed by atoms with Crippen LogP contribution in [0, 0.1) is 0 Å². The predicted octanol–water partition coefficient (Wildman–Crippen LogP) is 0.228. The fraction of sp³-hybridized carbons (Fsp3) is 1.00. The minimum atomic E-state index is 0.646. The molecule has 80 valence electrons. The standard InChI is InChI=1S/C9H21NO3/c1-10(2)4-5-12-8-9-13-7-6-11-3/h4-9H2,1-3H3. The lowest BCUT2D eigenvalue weighted by Gasteiger charge is -2.09. The number of nitrogens with zero attached hydrogens (tertiary/aromatic N) is 1. The molecule has 13 heavy (non-hydrogen) atoms. The quantitative estimate of drug-likeness (QED) is 0.488. The van der Waals surface area contributed by atoms with Crippen molar-refractivity contribution in [2.24, 2.45) is 0 Å². The van der Waals surface area contributed by atoms with Gasteiger partial charge in [-0.25, -0.2) is 0 Å². The van der Waals surface area contributed by atoms with Crippen molar-refractivity contribution in [3.05, 3.63) is 0 Å². The first kappa shape index (κ1) is 12.8. The lowest BCUT2D eigenvalue weighted by Crippen LogP contribution is -2.19. The average Bonchev–Trinajstić information content (AvgIpc) is 2.09. The van der Waals surface area contributed by atoms with Gasteiger partial charge >= 0.3 is 0 Å². The third-order valence-electron chi connectivity index (χ3n) is 1.49. The van der Waals surface area contributed by atoms with Crippen molar-refractivity contribution >= 4 is 0 Å². The van der Waals surface area contributed by atoms with Gasteiger partial charge in [0.25, 0.3) is 0 Å². The zero-order valence-corrected chi connectivity index (χ0v) is 8.91. The van der Waals surface area contributed by atoms with E-state index in [9.17, 15) is 0 Å². The Balaban J connectivity index is 2.84. The molecule has 0 fully saturated rings. The van der Waals surface area contributed by atoms with Crippen molar-refractivity contribution in [3.63, 3.8) is 0 Å². The maximum Gasteiger partial charge on any atom is 0.0701 e. The fourth-order valence-corrected chi connectivity index (χ4v) is 0.711. The maximum absolute atomic E-state index is 5.32. The third kappa shape index (κ3) is 11.8. The summed E-state index contributed by atoms with van der Waals surface area (Å²) in [4.78, 5) is 2.09. The Morgan fingerprint density at radius 1 is 0.846 bits per heavy atom. The van der Waals surface area contributed by atoms with Gasteiger partial charge in [-0.3, -0.25) is 0 Å². The molecule has 0 aromatic rings. The molecule has 0 aliphatic carbocycles. The molecule has 0 aliphatic heterocycles. The first-order valence-electron chi connectivity index (χ1n) is 4.56. The fourth-order valence-electron chi connectivity index (χ4n) is 0.711. The Kier molecular flexibility index (Phi) is 9.80. The molecule has 0 spiro atoms. The molecule has 0 radical (unpaired) electrons. The Bertz CT molecular complexity index is 98.9. The molecule has 0 atom stereocenters. The highest BCUT2D eigenvalue weighted by Crippen LogP contribution is 1.81.